The number of anilines is 2. The maximum absolute atomic E-state index is 13.2. The molecule has 8 nitrogen and oxygen atoms in total. The van der Waals surface area contributed by atoms with Crippen LogP contribution < -0.4 is 10.6 Å². The van der Waals surface area contributed by atoms with Crippen molar-refractivity contribution in [2.75, 3.05) is 17.2 Å². The molecule has 1 saturated heterocycles. The zero-order chi connectivity index (χ0) is 26.6. The maximum Gasteiger partial charge on any atom is 0.294 e. The van der Waals surface area contributed by atoms with E-state index in [1.807, 2.05) is 30.3 Å². The van der Waals surface area contributed by atoms with Gasteiger partial charge in [0.05, 0.1) is 4.91 Å². The number of aromatic nitrogens is 1. The van der Waals surface area contributed by atoms with Gasteiger partial charge in [-0.15, -0.1) is 0 Å². The van der Waals surface area contributed by atoms with Gasteiger partial charge in [0.25, 0.3) is 11.1 Å². The molecule has 1 aromatic heterocycles. The molecule has 2 N–H and O–H groups in total. The number of benzene rings is 3. The summed E-state index contributed by atoms with van der Waals surface area (Å²) < 4.78 is 14.9. The van der Waals surface area contributed by atoms with Crippen LogP contribution in [0.5, 0.6) is 0 Å². The zero-order valence-corrected chi connectivity index (χ0v) is 20.7. The third kappa shape index (κ3) is 5.50. The van der Waals surface area contributed by atoms with Crippen molar-refractivity contribution >= 4 is 63.1 Å². The molecule has 1 aliphatic rings. The lowest BCUT2D eigenvalue weighted by molar-refractivity contribution is -0.127. The lowest BCUT2D eigenvalue weighted by Crippen LogP contribution is -2.36. The van der Waals surface area contributed by atoms with Crippen molar-refractivity contribution in [2.24, 2.45) is 0 Å². The summed E-state index contributed by atoms with van der Waals surface area (Å²) in [6, 6.07) is 21.6. The van der Waals surface area contributed by atoms with E-state index in [4.69, 9.17) is 0 Å². The Kier molecular flexibility index (Phi) is 7.05. The second-order valence-corrected chi connectivity index (χ2v) is 9.46. The van der Waals surface area contributed by atoms with Gasteiger partial charge in [0.2, 0.25) is 11.8 Å². The highest BCUT2D eigenvalue weighted by Gasteiger charge is 2.36. The average Bonchev–Trinajstić information content (AvgIpc) is 3.37. The summed E-state index contributed by atoms with van der Waals surface area (Å²) in [5.74, 6) is -1.75. The van der Waals surface area contributed by atoms with Gasteiger partial charge in [-0.3, -0.25) is 24.1 Å². The molecule has 0 atom stereocenters. The lowest BCUT2D eigenvalue weighted by Gasteiger charge is -2.12. The van der Waals surface area contributed by atoms with E-state index >= 15 is 0 Å². The number of carbonyl (C=O) groups excluding carboxylic acids is 4. The van der Waals surface area contributed by atoms with Gasteiger partial charge < -0.3 is 15.2 Å². The van der Waals surface area contributed by atoms with Gasteiger partial charge in [-0.1, -0.05) is 36.4 Å². The zero-order valence-electron chi connectivity index (χ0n) is 19.9. The Balaban J connectivity index is 1.33. The van der Waals surface area contributed by atoms with Gasteiger partial charge in [-0.25, -0.2) is 4.39 Å². The van der Waals surface area contributed by atoms with Crippen molar-refractivity contribution in [1.29, 1.82) is 0 Å². The first-order valence-electron chi connectivity index (χ1n) is 11.6. The van der Waals surface area contributed by atoms with E-state index in [1.54, 1.807) is 41.1 Å². The van der Waals surface area contributed by atoms with Crippen LogP contribution >= 0.6 is 11.8 Å². The molecule has 0 saturated carbocycles. The fourth-order valence-corrected chi connectivity index (χ4v) is 4.88. The third-order valence-corrected chi connectivity index (χ3v) is 6.69. The normalized spacial score (nSPS) is 14.3. The first-order valence-corrected chi connectivity index (χ1v) is 12.4. The van der Waals surface area contributed by atoms with E-state index in [9.17, 15) is 23.6 Å². The third-order valence-electron chi connectivity index (χ3n) is 5.78. The fraction of sp³-hybridized carbons (Fsp3) is 0.0714. The highest BCUT2D eigenvalue weighted by Crippen LogP contribution is 2.34. The van der Waals surface area contributed by atoms with Crippen LogP contribution in [-0.4, -0.2) is 39.0 Å². The first kappa shape index (κ1) is 25.0. The van der Waals surface area contributed by atoms with Crippen LogP contribution in [0.4, 0.5) is 20.6 Å². The Morgan fingerprint density at radius 3 is 2.18 bits per heavy atom. The van der Waals surface area contributed by atoms with Gasteiger partial charge in [-0.2, -0.15) is 0 Å². The Bertz CT molecular complexity index is 1580. The molecule has 0 bridgehead atoms. The standard InChI is InChI=1S/C28H21FN4O4S/c29-19-10-12-21(13-11-19)31-25(34)16-32-15-18(22-8-4-5-9-23(22)32)14-24-27(36)33(28(37)38-24)17-26(35)30-20-6-2-1-3-7-20/h1-15H,16-17H2,(H,30,35)(H,31,34)/b24-14-. The van der Waals surface area contributed by atoms with E-state index in [-0.39, 0.29) is 17.4 Å². The number of amides is 4. The molecule has 190 valence electrons. The smallest absolute Gasteiger partial charge is 0.294 e. The predicted molar refractivity (Wildman–Crippen MR) is 145 cm³/mol. The van der Waals surface area contributed by atoms with Crippen LogP contribution in [0.25, 0.3) is 17.0 Å². The first-order chi connectivity index (χ1) is 18.4. The molecule has 3 aromatic carbocycles. The number of fused-ring (bicyclic) bond motifs is 1. The van der Waals surface area contributed by atoms with Crippen molar-refractivity contribution in [3.8, 4) is 0 Å². The van der Waals surface area contributed by atoms with Crippen LogP contribution in [-0.2, 0) is 20.9 Å². The summed E-state index contributed by atoms with van der Waals surface area (Å²) >= 11 is 0.759. The van der Waals surface area contributed by atoms with Crippen LogP contribution in [0.1, 0.15) is 5.56 Å². The monoisotopic (exact) mass is 528 g/mol. The molecule has 5 rings (SSSR count). The number of imide groups is 1. The van der Waals surface area contributed by atoms with Gasteiger partial charge in [0.15, 0.2) is 0 Å². The topological polar surface area (TPSA) is 101 Å². The van der Waals surface area contributed by atoms with Gasteiger partial charge in [0, 0.05) is 34.0 Å². The SMILES string of the molecule is O=C(CN1C(=O)S/C(=C\c2cn(CC(=O)Nc3ccc(F)cc3)c3ccccc23)C1=O)Nc1ccccc1. The van der Waals surface area contributed by atoms with Crippen LogP contribution in [0, 0.1) is 5.82 Å². The van der Waals surface area contributed by atoms with Gasteiger partial charge in [-0.05, 0) is 60.3 Å². The summed E-state index contributed by atoms with van der Waals surface area (Å²) in [4.78, 5) is 51.7. The van der Waals surface area contributed by atoms with E-state index in [1.165, 1.54) is 24.3 Å². The number of para-hydroxylation sites is 2. The molecular formula is C28H21FN4O4S. The number of hydrogen-bond donors (Lipinski definition) is 2. The second kappa shape index (κ2) is 10.7. The van der Waals surface area contributed by atoms with Crippen molar-refractivity contribution in [1.82, 2.24) is 9.47 Å². The Labute approximate surface area is 221 Å². The highest BCUT2D eigenvalue weighted by molar-refractivity contribution is 8.18. The molecule has 4 amide bonds. The Hall–Kier alpha value is -4.70. The largest absolute Gasteiger partial charge is 0.337 e. The summed E-state index contributed by atoms with van der Waals surface area (Å²) in [7, 11) is 0. The minimum absolute atomic E-state index is 0.0210. The van der Waals surface area contributed by atoms with E-state index in [0.717, 1.165) is 27.6 Å². The van der Waals surface area contributed by atoms with Crippen molar-refractivity contribution in [2.45, 2.75) is 6.54 Å². The van der Waals surface area contributed by atoms with Crippen LogP contribution in [0.3, 0.4) is 0 Å². The van der Waals surface area contributed by atoms with Crippen molar-refractivity contribution in [3.05, 3.63) is 101 Å². The molecule has 0 aliphatic carbocycles. The molecule has 1 aliphatic heterocycles. The second-order valence-electron chi connectivity index (χ2n) is 8.47. The molecule has 10 heteroatoms. The number of halogens is 1. The summed E-state index contributed by atoms with van der Waals surface area (Å²) in [6.07, 6.45) is 3.32. The minimum Gasteiger partial charge on any atom is -0.337 e. The van der Waals surface area contributed by atoms with E-state index in [0.29, 0.717) is 16.9 Å². The van der Waals surface area contributed by atoms with E-state index < -0.39 is 29.4 Å². The van der Waals surface area contributed by atoms with Gasteiger partial charge in [0.1, 0.15) is 18.9 Å². The minimum atomic E-state index is -0.561. The number of hydrogen-bond acceptors (Lipinski definition) is 5. The summed E-state index contributed by atoms with van der Waals surface area (Å²) in [6.45, 7) is -0.422. The summed E-state index contributed by atoms with van der Waals surface area (Å²) in [5, 5.41) is 5.65. The van der Waals surface area contributed by atoms with Crippen molar-refractivity contribution < 1.29 is 23.6 Å². The molecular weight excluding hydrogens is 507 g/mol. The fourth-order valence-electron chi connectivity index (χ4n) is 4.05. The van der Waals surface area contributed by atoms with Gasteiger partial charge >= 0.3 is 0 Å². The predicted octanol–water partition coefficient (Wildman–Crippen LogP) is 5.09. The number of rotatable bonds is 7. The molecule has 38 heavy (non-hydrogen) atoms. The average molecular weight is 529 g/mol. The number of nitrogens with one attached hydrogen (secondary N) is 2. The molecule has 0 unspecified atom stereocenters. The molecule has 4 aromatic rings. The number of nitrogens with zero attached hydrogens (tertiary/aromatic N) is 2. The van der Waals surface area contributed by atoms with E-state index in [2.05, 4.69) is 10.6 Å². The molecule has 0 radical (unpaired) electrons. The lowest BCUT2D eigenvalue weighted by atomic mass is 10.1. The summed E-state index contributed by atoms with van der Waals surface area (Å²) in [5.41, 5.74) is 2.44. The number of thioether (sulfide) groups is 1. The Morgan fingerprint density at radius 1 is 0.816 bits per heavy atom. The quantitative estimate of drug-likeness (QED) is 0.325. The van der Waals surface area contributed by atoms with Crippen molar-refractivity contribution in [3.63, 3.8) is 0 Å². The highest BCUT2D eigenvalue weighted by atomic mass is 32.2. The Morgan fingerprint density at radius 2 is 1.45 bits per heavy atom. The maximum atomic E-state index is 13.2. The molecule has 1 fully saturated rings. The molecule has 2 heterocycles. The molecule has 0 spiro atoms. The van der Waals surface area contributed by atoms with Crippen LogP contribution in [0.2, 0.25) is 0 Å². The number of carbonyl (C=O) groups is 4. The van der Waals surface area contributed by atoms with Crippen LogP contribution in [0.15, 0.2) is 90.0 Å².